The first-order chi connectivity index (χ1) is 7.95. The molecule has 1 atom stereocenters. The number of aryl methyl sites for hydroxylation is 1. The van der Waals surface area contributed by atoms with Crippen molar-refractivity contribution in [3.8, 4) is 0 Å². The van der Waals surface area contributed by atoms with E-state index in [0.717, 1.165) is 11.1 Å². The molecule has 0 aliphatic carbocycles. The molecule has 0 amide bonds. The molecule has 17 heavy (non-hydrogen) atoms. The quantitative estimate of drug-likeness (QED) is 0.471. The number of halogens is 2. The maximum atomic E-state index is 10.7. The standard InChI is InChI=1S/C11H13Cl2NO3/c1-7-3-11(14(15)16)10(13)5-8(7)4-9(12)6-17-2/h3,5,9H,4,6H2,1-2H3. The van der Waals surface area contributed by atoms with Crippen LogP contribution in [0.15, 0.2) is 12.1 Å². The van der Waals surface area contributed by atoms with Crippen molar-refractivity contribution >= 4 is 28.9 Å². The zero-order valence-corrected chi connectivity index (χ0v) is 11.1. The van der Waals surface area contributed by atoms with Crippen molar-refractivity contribution in [2.24, 2.45) is 0 Å². The molecule has 0 fully saturated rings. The summed E-state index contributed by atoms with van der Waals surface area (Å²) in [6, 6.07) is 3.06. The summed E-state index contributed by atoms with van der Waals surface area (Å²) in [4.78, 5) is 10.2. The van der Waals surface area contributed by atoms with Crippen LogP contribution in [0.4, 0.5) is 5.69 Å². The van der Waals surface area contributed by atoms with E-state index in [-0.39, 0.29) is 16.1 Å². The second-order valence-electron chi connectivity index (χ2n) is 3.74. The van der Waals surface area contributed by atoms with Gasteiger partial charge in [-0.25, -0.2) is 0 Å². The van der Waals surface area contributed by atoms with Gasteiger partial charge in [-0.2, -0.15) is 0 Å². The largest absolute Gasteiger partial charge is 0.383 e. The van der Waals surface area contributed by atoms with Gasteiger partial charge in [0.25, 0.3) is 5.69 Å². The van der Waals surface area contributed by atoms with Crippen LogP contribution >= 0.6 is 23.2 Å². The number of hydrogen-bond acceptors (Lipinski definition) is 3. The van der Waals surface area contributed by atoms with E-state index in [2.05, 4.69) is 0 Å². The Hall–Kier alpha value is -0.840. The van der Waals surface area contributed by atoms with E-state index in [1.165, 1.54) is 6.07 Å². The Morgan fingerprint density at radius 3 is 2.71 bits per heavy atom. The summed E-state index contributed by atoms with van der Waals surface area (Å²) in [6.45, 7) is 2.23. The number of benzene rings is 1. The van der Waals surface area contributed by atoms with Gasteiger partial charge in [0.2, 0.25) is 0 Å². The van der Waals surface area contributed by atoms with Gasteiger partial charge in [0, 0.05) is 13.2 Å². The van der Waals surface area contributed by atoms with Crippen LogP contribution in [0.5, 0.6) is 0 Å². The Morgan fingerprint density at radius 1 is 1.53 bits per heavy atom. The van der Waals surface area contributed by atoms with E-state index < -0.39 is 4.92 Å². The molecule has 0 spiro atoms. The number of rotatable bonds is 5. The molecule has 4 nitrogen and oxygen atoms in total. The van der Waals surface area contributed by atoms with Crippen LogP contribution in [-0.4, -0.2) is 24.0 Å². The fourth-order valence-corrected chi connectivity index (χ4v) is 2.09. The lowest BCUT2D eigenvalue weighted by molar-refractivity contribution is -0.384. The number of nitro benzene ring substituents is 1. The van der Waals surface area contributed by atoms with Gasteiger partial charge in [-0.15, -0.1) is 11.6 Å². The predicted molar refractivity (Wildman–Crippen MR) is 68.1 cm³/mol. The third-order valence-corrected chi connectivity index (χ3v) is 2.97. The molecule has 1 aromatic carbocycles. The lowest BCUT2D eigenvalue weighted by Crippen LogP contribution is -2.11. The summed E-state index contributed by atoms with van der Waals surface area (Å²) in [7, 11) is 1.57. The highest BCUT2D eigenvalue weighted by molar-refractivity contribution is 6.32. The summed E-state index contributed by atoms with van der Waals surface area (Å²) in [5, 5.41) is 10.7. The molecule has 1 aromatic rings. The Morgan fingerprint density at radius 2 is 2.18 bits per heavy atom. The van der Waals surface area contributed by atoms with E-state index in [4.69, 9.17) is 27.9 Å². The van der Waals surface area contributed by atoms with Gasteiger partial charge in [0.05, 0.1) is 16.9 Å². The highest BCUT2D eigenvalue weighted by Gasteiger charge is 2.16. The number of hydrogen-bond donors (Lipinski definition) is 0. The molecule has 0 aliphatic heterocycles. The minimum Gasteiger partial charge on any atom is -0.383 e. The summed E-state index contributed by atoms with van der Waals surface area (Å²) in [6.07, 6.45) is 0.568. The maximum Gasteiger partial charge on any atom is 0.288 e. The molecule has 0 N–H and O–H groups in total. The maximum absolute atomic E-state index is 10.7. The number of methoxy groups -OCH3 is 1. The Labute approximate surface area is 110 Å². The molecule has 0 bridgehead atoms. The summed E-state index contributed by atoms with van der Waals surface area (Å²) in [5.74, 6) is 0. The van der Waals surface area contributed by atoms with Gasteiger partial charge in [-0.3, -0.25) is 10.1 Å². The first kappa shape index (κ1) is 14.2. The van der Waals surface area contributed by atoms with Crippen LogP contribution in [0.2, 0.25) is 5.02 Å². The topological polar surface area (TPSA) is 52.4 Å². The molecule has 0 heterocycles. The summed E-state index contributed by atoms with van der Waals surface area (Å²) >= 11 is 11.9. The monoisotopic (exact) mass is 277 g/mol. The molecule has 1 unspecified atom stereocenters. The number of ether oxygens (including phenoxy) is 1. The average Bonchev–Trinajstić information content (AvgIpc) is 2.22. The summed E-state index contributed by atoms with van der Waals surface area (Å²) in [5.41, 5.74) is 1.63. The minimum atomic E-state index is -0.494. The van der Waals surface area contributed by atoms with E-state index in [0.29, 0.717) is 13.0 Å². The van der Waals surface area contributed by atoms with E-state index >= 15 is 0 Å². The van der Waals surface area contributed by atoms with Gasteiger partial charge in [-0.05, 0) is 30.5 Å². The molecular formula is C11H13Cl2NO3. The van der Waals surface area contributed by atoms with Gasteiger partial charge >= 0.3 is 0 Å². The van der Waals surface area contributed by atoms with Gasteiger partial charge < -0.3 is 4.74 Å². The number of alkyl halides is 1. The number of nitro groups is 1. The molecule has 0 saturated heterocycles. The van der Waals surface area contributed by atoms with Crippen LogP contribution in [0, 0.1) is 17.0 Å². The van der Waals surface area contributed by atoms with Gasteiger partial charge in [0.1, 0.15) is 5.02 Å². The Balaban J connectivity index is 2.95. The third-order valence-electron chi connectivity index (χ3n) is 2.39. The highest BCUT2D eigenvalue weighted by Crippen LogP contribution is 2.28. The van der Waals surface area contributed by atoms with Crippen molar-refractivity contribution in [1.82, 2.24) is 0 Å². The lowest BCUT2D eigenvalue weighted by atomic mass is 10.0. The van der Waals surface area contributed by atoms with Crippen LogP contribution in [0.3, 0.4) is 0 Å². The molecule has 94 valence electrons. The highest BCUT2D eigenvalue weighted by atomic mass is 35.5. The van der Waals surface area contributed by atoms with Crippen LogP contribution in [-0.2, 0) is 11.2 Å². The van der Waals surface area contributed by atoms with Crippen molar-refractivity contribution in [3.63, 3.8) is 0 Å². The third kappa shape index (κ3) is 3.84. The van der Waals surface area contributed by atoms with E-state index in [9.17, 15) is 10.1 Å². The van der Waals surface area contributed by atoms with Crippen molar-refractivity contribution in [1.29, 1.82) is 0 Å². The van der Waals surface area contributed by atoms with E-state index in [1.807, 2.05) is 0 Å². The van der Waals surface area contributed by atoms with Gasteiger partial charge in [-0.1, -0.05) is 11.6 Å². The van der Waals surface area contributed by atoms with Crippen molar-refractivity contribution < 1.29 is 9.66 Å². The molecule has 0 saturated carbocycles. The number of nitrogens with zero attached hydrogens (tertiary/aromatic N) is 1. The van der Waals surface area contributed by atoms with Crippen LogP contribution in [0.1, 0.15) is 11.1 Å². The Kier molecular flexibility index (Phi) is 5.18. The van der Waals surface area contributed by atoms with Crippen molar-refractivity contribution in [3.05, 3.63) is 38.4 Å². The smallest absolute Gasteiger partial charge is 0.288 e. The molecule has 0 aliphatic rings. The molecular weight excluding hydrogens is 265 g/mol. The fourth-order valence-electron chi connectivity index (χ4n) is 1.55. The molecule has 6 heteroatoms. The van der Waals surface area contributed by atoms with Crippen LogP contribution in [0.25, 0.3) is 0 Å². The predicted octanol–water partition coefficient (Wildman–Crippen LogP) is 3.35. The SMILES string of the molecule is COCC(Cl)Cc1cc(Cl)c([N+](=O)[O-])cc1C. The first-order valence-electron chi connectivity index (χ1n) is 5.02. The first-order valence-corrected chi connectivity index (χ1v) is 5.83. The zero-order valence-electron chi connectivity index (χ0n) is 9.57. The lowest BCUT2D eigenvalue weighted by Gasteiger charge is -2.11. The summed E-state index contributed by atoms with van der Waals surface area (Å²) < 4.78 is 4.93. The minimum absolute atomic E-state index is 0.0780. The molecule has 1 rings (SSSR count). The van der Waals surface area contributed by atoms with E-state index in [1.54, 1.807) is 20.1 Å². The zero-order chi connectivity index (χ0) is 13.0. The molecule has 0 radical (unpaired) electrons. The molecule has 0 aromatic heterocycles. The van der Waals surface area contributed by atoms with Crippen LogP contribution < -0.4 is 0 Å². The second-order valence-corrected chi connectivity index (χ2v) is 4.77. The van der Waals surface area contributed by atoms with Crippen molar-refractivity contribution in [2.75, 3.05) is 13.7 Å². The van der Waals surface area contributed by atoms with Gasteiger partial charge in [0.15, 0.2) is 0 Å². The second kappa shape index (κ2) is 6.19. The average molecular weight is 278 g/mol. The Bertz CT molecular complexity index is 423. The normalized spacial score (nSPS) is 12.5. The van der Waals surface area contributed by atoms with Crippen molar-refractivity contribution in [2.45, 2.75) is 18.7 Å². The fraction of sp³-hybridized carbons (Fsp3) is 0.455.